The fourth-order valence-corrected chi connectivity index (χ4v) is 2.88. The van der Waals surface area contributed by atoms with E-state index in [1.165, 1.54) is 18.4 Å². The molecule has 0 aliphatic rings. The number of aliphatic hydroxyl groups is 1. The lowest BCUT2D eigenvalue weighted by Gasteiger charge is -2.06. The molecular weight excluding hydrogens is 288 g/mol. The molecule has 6 nitrogen and oxygen atoms in total. The summed E-state index contributed by atoms with van der Waals surface area (Å²) in [5.74, 6) is 5.30. The van der Waals surface area contributed by atoms with Gasteiger partial charge >= 0.3 is 0 Å². The fraction of sp³-hybridized carbons (Fsp3) is 0.455. The Hall–Kier alpha value is -0.950. The summed E-state index contributed by atoms with van der Waals surface area (Å²) in [5.41, 5.74) is 0. The van der Waals surface area contributed by atoms with Gasteiger partial charge in [-0.2, -0.15) is 17.9 Å². The third kappa shape index (κ3) is 6.68. The minimum atomic E-state index is -3.51. The normalized spacial score (nSPS) is 11.1. The van der Waals surface area contributed by atoms with E-state index in [0.717, 1.165) is 9.75 Å². The molecule has 1 aromatic rings. The number of aliphatic hydroxyl groups excluding tert-OH is 1. The number of thiophene rings is 1. The van der Waals surface area contributed by atoms with E-state index in [1.807, 2.05) is 0 Å². The van der Waals surface area contributed by atoms with Gasteiger partial charge in [-0.1, -0.05) is 11.8 Å². The maximum Gasteiger partial charge on any atom is 0.277 e. The molecule has 19 heavy (non-hydrogen) atoms. The van der Waals surface area contributed by atoms with Crippen LogP contribution in [-0.4, -0.2) is 40.4 Å². The lowest BCUT2D eigenvalue weighted by molar-refractivity contribution is 0.204. The first kappa shape index (κ1) is 16.1. The summed E-state index contributed by atoms with van der Waals surface area (Å²) in [4.78, 5) is 1.63. The second-order valence-electron chi connectivity index (χ2n) is 3.44. The van der Waals surface area contributed by atoms with Crippen molar-refractivity contribution in [1.82, 2.24) is 9.44 Å². The highest BCUT2D eigenvalue weighted by molar-refractivity contribution is 7.87. The van der Waals surface area contributed by atoms with Crippen LogP contribution in [0.2, 0.25) is 0 Å². The molecule has 3 N–H and O–H groups in total. The van der Waals surface area contributed by atoms with Gasteiger partial charge < -0.3 is 9.84 Å². The van der Waals surface area contributed by atoms with Crippen molar-refractivity contribution in [1.29, 1.82) is 0 Å². The van der Waals surface area contributed by atoms with Gasteiger partial charge in [-0.15, -0.1) is 11.3 Å². The molecule has 0 atom stereocenters. The first-order valence-electron chi connectivity index (χ1n) is 5.49. The van der Waals surface area contributed by atoms with Gasteiger partial charge in [0.05, 0.1) is 11.5 Å². The zero-order valence-electron chi connectivity index (χ0n) is 10.5. The predicted octanol–water partition coefficient (Wildman–Crippen LogP) is -0.338. The molecule has 0 bridgehead atoms. The fourth-order valence-electron chi connectivity index (χ4n) is 1.16. The van der Waals surface area contributed by atoms with Crippen molar-refractivity contribution in [2.75, 3.05) is 26.9 Å². The number of methoxy groups -OCH3 is 1. The van der Waals surface area contributed by atoms with Crippen LogP contribution in [0.1, 0.15) is 9.75 Å². The molecular formula is C11H16N2O4S2. The molecule has 0 aliphatic heterocycles. The van der Waals surface area contributed by atoms with Crippen LogP contribution in [0.4, 0.5) is 0 Å². The lowest BCUT2D eigenvalue weighted by atomic mass is 10.4. The zero-order chi connectivity index (χ0) is 14.1. The number of nitrogens with one attached hydrogen (secondary N) is 2. The van der Waals surface area contributed by atoms with E-state index < -0.39 is 10.2 Å². The van der Waals surface area contributed by atoms with Crippen LogP contribution in [0.25, 0.3) is 0 Å². The Kier molecular flexibility index (Phi) is 7.01. The van der Waals surface area contributed by atoms with Gasteiger partial charge in [0.1, 0.15) is 6.61 Å². The quantitative estimate of drug-likeness (QED) is 0.475. The van der Waals surface area contributed by atoms with Crippen LogP contribution in [0, 0.1) is 11.8 Å². The highest BCUT2D eigenvalue weighted by Gasteiger charge is 2.08. The molecule has 1 aromatic heterocycles. The summed E-state index contributed by atoms with van der Waals surface area (Å²) in [5, 5.41) is 8.57. The lowest BCUT2D eigenvalue weighted by Crippen LogP contribution is -2.37. The summed E-state index contributed by atoms with van der Waals surface area (Å²) >= 11 is 1.38. The smallest absolute Gasteiger partial charge is 0.277 e. The van der Waals surface area contributed by atoms with Gasteiger partial charge in [-0.05, 0) is 12.1 Å². The molecule has 0 spiro atoms. The molecule has 8 heteroatoms. The van der Waals surface area contributed by atoms with Crippen LogP contribution in [0.5, 0.6) is 0 Å². The molecule has 106 valence electrons. The van der Waals surface area contributed by atoms with E-state index >= 15 is 0 Å². The Bertz CT molecular complexity index is 543. The average molecular weight is 304 g/mol. The van der Waals surface area contributed by atoms with Crippen molar-refractivity contribution in [2.45, 2.75) is 6.54 Å². The summed E-state index contributed by atoms with van der Waals surface area (Å²) in [7, 11) is -2.01. The second kappa shape index (κ2) is 8.27. The third-order valence-corrected chi connectivity index (χ3v) is 4.10. The van der Waals surface area contributed by atoms with E-state index in [2.05, 4.69) is 21.3 Å². The minimum absolute atomic E-state index is 0.191. The predicted molar refractivity (Wildman–Crippen MR) is 73.9 cm³/mol. The SMILES string of the molecule is COCCNS(=O)(=O)NCc1ccc(C#CCO)s1. The molecule has 0 aromatic carbocycles. The van der Waals surface area contributed by atoms with E-state index in [-0.39, 0.29) is 19.7 Å². The van der Waals surface area contributed by atoms with Gasteiger partial charge in [0, 0.05) is 25.1 Å². The average Bonchev–Trinajstić information content (AvgIpc) is 2.82. The molecule has 0 fully saturated rings. The Balaban J connectivity index is 2.45. The van der Waals surface area contributed by atoms with Gasteiger partial charge in [0.2, 0.25) is 0 Å². The first-order chi connectivity index (χ1) is 9.07. The van der Waals surface area contributed by atoms with E-state index in [9.17, 15) is 8.42 Å². The number of rotatable bonds is 7. The topological polar surface area (TPSA) is 87.7 Å². The second-order valence-corrected chi connectivity index (χ2v) is 6.19. The van der Waals surface area contributed by atoms with E-state index in [1.54, 1.807) is 12.1 Å². The Morgan fingerprint density at radius 1 is 1.42 bits per heavy atom. The Morgan fingerprint density at radius 2 is 2.21 bits per heavy atom. The van der Waals surface area contributed by atoms with Gasteiger partial charge in [0.15, 0.2) is 0 Å². The van der Waals surface area contributed by atoms with Gasteiger partial charge in [0.25, 0.3) is 10.2 Å². The summed E-state index contributed by atoms with van der Waals surface area (Å²) in [6.07, 6.45) is 0. The van der Waals surface area contributed by atoms with Crippen molar-refractivity contribution in [3.05, 3.63) is 21.9 Å². The number of ether oxygens (including phenoxy) is 1. The first-order valence-corrected chi connectivity index (χ1v) is 7.79. The van der Waals surface area contributed by atoms with Crippen LogP contribution >= 0.6 is 11.3 Å². The largest absolute Gasteiger partial charge is 0.384 e. The molecule has 0 saturated heterocycles. The molecule has 0 aliphatic carbocycles. The van der Waals surface area contributed by atoms with Crippen LogP contribution in [-0.2, 0) is 21.5 Å². The van der Waals surface area contributed by atoms with Gasteiger partial charge in [-0.25, -0.2) is 0 Å². The monoisotopic (exact) mass is 304 g/mol. The summed E-state index contributed by atoms with van der Waals surface area (Å²) in [6.45, 7) is 0.557. The van der Waals surface area contributed by atoms with Crippen LogP contribution in [0.3, 0.4) is 0 Å². The molecule has 0 radical (unpaired) electrons. The minimum Gasteiger partial charge on any atom is -0.384 e. The molecule has 0 unspecified atom stereocenters. The maximum absolute atomic E-state index is 11.5. The Morgan fingerprint density at radius 3 is 2.89 bits per heavy atom. The highest BCUT2D eigenvalue weighted by Crippen LogP contribution is 2.15. The zero-order valence-corrected chi connectivity index (χ0v) is 12.1. The van der Waals surface area contributed by atoms with Crippen molar-refractivity contribution in [2.24, 2.45) is 0 Å². The van der Waals surface area contributed by atoms with Crippen LogP contribution < -0.4 is 9.44 Å². The maximum atomic E-state index is 11.5. The van der Waals surface area contributed by atoms with E-state index in [4.69, 9.17) is 9.84 Å². The highest BCUT2D eigenvalue weighted by atomic mass is 32.2. The number of hydrogen-bond acceptors (Lipinski definition) is 5. The standard InChI is InChI=1S/C11H16N2O4S2/c1-17-8-6-12-19(15,16)13-9-11-5-4-10(18-11)3-2-7-14/h4-5,12-14H,6-9H2,1H3. The molecule has 0 amide bonds. The molecule has 1 rings (SSSR count). The van der Waals surface area contributed by atoms with Crippen molar-refractivity contribution in [3.63, 3.8) is 0 Å². The van der Waals surface area contributed by atoms with Crippen LogP contribution in [0.15, 0.2) is 12.1 Å². The van der Waals surface area contributed by atoms with E-state index in [0.29, 0.717) is 6.61 Å². The third-order valence-electron chi connectivity index (χ3n) is 1.99. The summed E-state index contributed by atoms with van der Waals surface area (Å²) in [6, 6.07) is 3.58. The van der Waals surface area contributed by atoms with Crippen molar-refractivity contribution < 1.29 is 18.3 Å². The molecule has 0 saturated carbocycles. The van der Waals surface area contributed by atoms with Gasteiger partial charge in [-0.3, -0.25) is 0 Å². The van der Waals surface area contributed by atoms with Crippen molar-refractivity contribution in [3.8, 4) is 11.8 Å². The Labute approximate surface area is 117 Å². The molecule has 1 heterocycles. The summed E-state index contributed by atoms with van der Waals surface area (Å²) < 4.78 is 32.6. The van der Waals surface area contributed by atoms with Crippen molar-refractivity contribution >= 4 is 21.5 Å². The number of hydrogen-bond donors (Lipinski definition) is 3.